The first kappa shape index (κ1) is 17.7. The summed E-state index contributed by atoms with van der Waals surface area (Å²) in [6.07, 6.45) is 0.724. The highest BCUT2D eigenvalue weighted by Crippen LogP contribution is 2.16. The first-order valence-electron chi connectivity index (χ1n) is 7.94. The molecule has 0 aromatic heterocycles. The summed E-state index contributed by atoms with van der Waals surface area (Å²) < 4.78 is 13.6. The van der Waals surface area contributed by atoms with Crippen LogP contribution in [0, 0.1) is 5.82 Å². The van der Waals surface area contributed by atoms with Crippen LogP contribution in [0.5, 0.6) is 0 Å². The molecule has 0 saturated heterocycles. The molecule has 0 aliphatic rings. The minimum Gasteiger partial charge on any atom is -0.350 e. The van der Waals surface area contributed by atoms with Crippen molar-refractivity contribution in [1.82, 2.24) is 5.32 Å². The van der Waals surface area contributed by atoms with Gasteiger partial charge in [-0.2, -0.15) is 0 Å². The van der Waals surface area contributed by atoms with Crippen LogP contribution in [-0.4, -0.2) is 17.9 Å². The number of hydrogen-bond acceptors (Lipinski definition) is 2. The Morgan fingerprint density at radius 2 is 1.75 bits per heavy atom. The van der Waals surface area contributed by atoms with E-state index in [2.05, 4.69) is 10.6 Å². The van der Waals surface area contributed by atoms with E-state index >= 15 is 0 Å². The Balaban J connectivity index is 2.11. The Morgan fingerprint density at radius 1 is 1.08 bits per heavy atom. The second-order valence-electron chi connectivity index (χ2n) is 5.64. The van der Waals surface area contributed by atoms with E-state index in [4.69, 9.17) is 0 Å². The van der Waals surface area contributed by atoms with Gasteiger partial charge in [-0.3, -0.25) is 9.59 Å². The average Bonchev–Trinajstić information content (AvgIpc) is 2.57. The molecule has 0 bridgehead atoms. The Labute approximate surface area is 141 Å². The molecule has 126 valence electrons. The van der Waals surface area contributed by atoms with Crippen molar-refractivity contribution in [2.24, 2.45) is 0 Å². The highest BCUT2D eigenvalue weighted by atomic mass is 19.1. The molecule has 5 heteroatoms. The molecule has 0 heterocycles. The van der Waals surface area contributed by atoms with Gasteiger partial charge in [0.05, 0.1) is 17.7 Å². The maximum absolute atomic E-state index is 13.6. The summed E-state index contributed by atoms with van der Waals surface area (Å²) in [6, 6.07) is 13.0. The van der Waals surface area contributed by atoms with Crippen molar-refractivity contribution in [3.05, 3.63) is 65.5 Å². The van der Waals surface area contributed by atoms with Crippen LogP contribution in [0.4, 0.5) is 10.1 Å². The lowest BCUT2D eigenvalue weighted by atomic mass is 10.1. The zero-order valence-electron chi connectivity index (χ0n) is 13.8. The first-order valence-corrected chi connectivity index (χ1v) is 7.94. The van der Waals surface area contributed by atoms with Gasteiger partial charge in [0.1, 0.15) is 5.82 Å². The standard InChI is InChI=1S/C19H21FN2O2/c1-3-13(2)21-19(24)15-9-5-7-11-17(15)22-18(23)12-14-8-4-6-10-16(14)20/h4-11,13H,3,12H2,1-2H3,(H,21,24)(H,22,23). The number of carbonyl (C=O) groups excluding carboxylic acids is 2. The molecule has 4 nitrogen and oxygen atoms in total. The SMILES string of the molecule is CCC(C)NC(=O)c1ccccc1NC(=O)Cc1ccccc1F. The van der Waals surface area contributed by atoms with E-state index in [9.17, 15) is 14.0 Å². The summed E-state index contributed by atoms with van der Waals surface area (Å²) in [5, 5.41) is 5.56. The van der Waals surface area contributed by atoms with Crippen LogP contribution in [0.25, 0.3) is 0 Å². The number of para-hydroxylation sites is 1. The van der Waals surface area contributed by atoms with Gasteiger partial charge in [-0.1, -0.05) is 37.3 Å². The van der Waals surface area contributed by atoms with Crippen molar-refractivity contribution in [3.63, 3.8) is 0 Å². The maximum Gasteiger partial charge on any atom is 0.253 e. The fourth-order valence-electron chi connectivity index (χ4n) is 2.20. The average molecular weight is 328 g/mol. The summed E-state index contributed by atoms with van der Waals surface area (Å²) in [6.45, 7) is 3.89. The topological polar surface area (TPSA) is 58.2 Å². The van der Waals surface area contributed by atoms with Crippen molar-refractivity contribution in [2.75, 3.05) is 5.32 Å². The molecule has 0 aliphatic carbocycles. The van der Waals surface area contributed by atoms with Crippen LogP contribution in [0.1, 0.15) is 36.2 Å². The minimum absolute atomic E-state index is 0.0414. The Hall–Kier alpha value is -2.69. The van der Waals surface area contributed by atoms with Gasteiger partial charge >= 0.3 is 0 Å². The van der Waals surface area contributed by atoms with Crippen molar-refractivity contribution < 1.29 is 14.0 Å². The molecule has 2 N–H and O–H groups in total. The highest BCUT2D eigenvalue weighted by molar-refractivity contribution is 6.04. The molecular weight excluding hydrogens is 307 g/mol. The minimum atomic E-state index is -0.421. The number of nitrogens with one attached hydrogen (secondary N) is 2. The second kappa shape index (κ2) is 8.24. The van der Waals surface area contributed by atoms with E-state index in [1.807, 2.05) is 13.8 Å². The van der Waals surface area contributed by atoms with Gasteiger partial charge in [0, 0.05) is 6.04 Å². The molecule has 0 aliphatic heterocycles. The van der Waals surface area contributed by atoms with E-state index in [0.717, 1.165) is 6.42 Å². The van der Waals surface area contributed by atoms with Crippen LogP contribution in [0.15, 0.2) is 48.5 Å². The fraction of sp³-hybridized carbons (Fsp3) is 0.263. The quantitative estimate of drug-likeness (QED) is 0.852. The van der Waals surface area contributed by atoms with Gasteiger partial charge < -0.3 is 10.6 Å². The zero-order valence-corrected chi connectivity index (χ0v) is 13.8. The van der Waals surface area contributed by atoms with E-state index < -0.39 is 5.82 Å². The van der Waals surface area contributed by atoms with E-state index in [-0.39, 0.29) is 24.3 Å². The molecule has 2 amide bonds. The van der Waals surface area contributed by atoms with Gasteiger partial charge in [-0.15, -0.1) is 0 Å². The lowest BCUT2D eigenvalue weighted by Gasteiger charge is -2.14. The summed E-state index contributed by atoms with van der Waals surface area (Å²) in [5.41, 5.74) is 1.12. The number of rotatable bonds is 6. The number of halogens is 1. The number of amides is 2. The van der Waals surface area contributed by atoms with Crippen LogP contribution >= 0.6 is 0 Å². The largest absolute Gasteiger partial charge is 0.350 e. The zero-order chi connectivity index (χ0) is 17.5. The van der Waals surface area contributed by atoms with Crippen LogP contribution < -0.4 is 10.6 Å². The Morgan fingerprint density at radius 3 is 2.46 bits per heavy atom. The summed E-state index contributed by atoms with van der Waals surface area (Å²) >= 11 is 0. The predicted octanol–water partition coefficient (Wildman–Crippen LogP) is 3.54. The molecule has 0 radical (unpaired) electrons. The van der Waals surface area contributed by atoms with Crippen molar-refractivity contribution in [2.45, 2.75) is 32.7 Å². The van der Waals surface area contributed by atoms with Gasteiger partial charge in [-0.25, -0.2) is 4.39 Å². The summed E-state index contributed by atoms with van der Waals surface area (Å²) in [5.74, 6) is -1.04. The van der Waals surface area contributed by atoms with Gasteiger partial charge in [0.2, 0.25) is 5.91 Å². The smallest absolute Gasteiger partial charge is 0.253 e. The first-order chi connectivity index (χ1) is 11.5. The van der Waals surface area contributed by atoms with E-state index in [1.54, 1.807) is 42.5 Å². The van der Waals surface area contributed by atoms with Gasteiger partial charge in [-0.05, 0) is 37.1 Å². The third-order valence-electron chi connectivity index (χ3n) is 3.74. The normalized spacial score (nSPS) is 11.6. The number of benzene rings is 2. The van der Waals surface area contributed by atoms with Crippen LogP contribution in [-0.2, 0) is 11.2 Å². The Bertz CT molecular complexity index is 731. The van der Waals surface area contributed by atoms with E-state index in [0.29, 0.717) is 16.8 Å². The molecule has 0 saturated carbocycles. The van der Waals surface area contributed by atoms with Gasteiger partial charge in [0.25, 0.3) is 5.91 Å². The number of hydrogen-bond donors (Lipinski definition) is 2. The second-order valence-corrected chi connectivity index (χ2v) is 5.64. The molecule has 2 rings (SSSR count). The maximum atomic E-state index is 13.6. The third kappa shape index (κ3) is 4.65. The molecule has 1 atom stereocenters. The predicted molar refractivity (Wildman–Crippen MR) is 92.4 cm³/mol. The molecule has 0 spiro atoms. The molecular formula is C19H21FN2O2. The third-order valence-corrected chi connectivity index (χ3v) is 3.74. The monoisotopic (exact) mass is 328 g/mol. The molecule has 0 fully saturated rings. The molecule has 24 heavy (non-hydrogen) atoms. The molecule has 2 aromatic carbocycles. The van der Waals surface area contributed by atoms with Crippen LogP contribution in [0.2, 0.25) is 0 Å². The van der Waals surface area contributed by atoms with Gasteiger partial charge in [0.15, 0.2) is 0 Å². The summed E-state index contributed by atoms with van der Waals surface area (Å²) in [4.78, 5) is 24.5. The lowest BCUT2D eigenvalue weighted by Crippen LogP contribution is -2.32. The highest BCUT2D eigenvalue weighted by Gasteiger charge is 2.15. The van der Waals surface area contributed by atoms with Crippen molar-refractivity contribution in [3.8, 4) is 0 Å². The lowest BCUT2D eigenvalue weighted by molar-refractivity contribution is -0.115. The fourth-order valence-corrected chi connectivity index (χ4v) is 2.20. The van der Waals surface area contributed by atoms with E-state index in [1.165, 1.54) is 6.07 Å². The molecule has 2 aromatic rings. The van der Waals surface area contributed by atoms with Crippen molar-refractivity contribution in [1.29, 1.82) is 0 Å². The number of anilines is 1. The summed E-state index contributed by atoms with van der Waals surface area (Å²) in [7, 11) is 0. The molecule has 1 unspecified atom stereocenters. The van der Waals surface area contributed by atoms with Crippen LogP contribution in [0.3, 0.4) is 0 Å². The van der Waals surface area contributed by atoms with Crippen molar-refractivity contribution >= 4 is 17.5 Å². The number of carbonyl (C=O) groups is 2. The Kier molecular flexibility index (Phi) is 6.07.